The van der Waals surface area contributed by atoms with E-state index in [0.29, 0.717) is 6.73 Å². The van der Waals surface area contributed by atoms with E-state index in [1.807, 2.05) is 19.0 Å². The molecule has 3 rings (SSSR count). The SMILES string of the molecule is CC/C(=C(/Cc1ccc(OCN(C)C)cc1)c1ccccc1)c1ccccc1. The maximum Gasteiger partial charge on any atom is 0.141 e. The monoisotopic (exact) mass is 371 g/mol. The first-order chi connectivity index (χ1) is 13.7. The number of hydrogen-bond acceptors (Lipinski definition) is 2. The van der Waals surface area contributed by atoms with Crippen LogP contribution in [0.5, 0.6) is 5.75 Å². The zero-order valence-electron chi connectivity index (χ0n) is 17.1. The number of rotatable bonds is 8. The summed E-state index contributed by atoms with van der Waals surface area (Å²) >= 11 is 0. The molecule has 0 unspecified atom stereocenters. The lowest BCUT2D eigenvalue weighted by Crippen LogP contribution is -2.18. The van der Waals surface area contributed by atoms with Gasteiger partial charge in [0.2, 0.25) is 0 Å². The topological polar surface area (TPSA) is 12.5 Å². The van der Waals surface area contributed by atoms with Gasteiger partial charge in [-0.05, 0) is 66.9 Å². The maximum atomic E-state index is 5.76. The average Bonchev–Trinajstić information content (AvgIpc) is 2.74. The second-order valence-electron chi connectivity index (χ2n) is 7.22. The Kier molecular flexibility index (Phi) is 7.05. The van der Waals surface area contributed by atoms with E-state index in [4.69, 9.17) is 4.74 Å². The van der Waals surface area contributed by atoms with Crippen LogP contribution in [-0.2, 0) is 6.42 Å². The molecule has 2 heteroatoms. The van der Waals surface area contributed by atoms with E-state index in [9.17, 15) is 0 Å². The summed E-state index contributed by atoms with van der Waals surface area (Å²) in [4.78, 5) is 2.01. The standard InChI is InChI=1S/C26H29NO/c1-4-25(22-11-7-5-8-12-22)26(23-13-9-6-10-14-23)19-21-15-17-24(18-16-21)28-20-27(2)3/h5-18H,4,19-20H2,1-3H3/b26-25+. The number of nitrogens with zero attached hydrogens (tertiary/aromatic N) is 1. The van der Waals surface area contributed by atoms with Gasteiger partial charge in [-0.3, -0.25) is 4.90 Å². The molecule has 0 fully saturated rings. The van der Waals surface area contributed by atoms with E-state index in [0.717, 1.165) is 18.6 Å². The minimum absolute atomic E-state index is 0.586. The van der Waals surface area contributed by atoms with Crippen molar-refractivity contribution in [1.82, 2.24) is 4.90 Å². The largest absolute Gasteiger partial charge is 0.478 e. The lowest BCUT2D eigenvalue weighted by atomic mass is 9.89. The zero-order chi connectivity index (χ0) is 19.8. The normalized spacial score (nSPS) is 12.0. The van der Waals surface area contributed by atoms with Crippen LogP contribution in [0.2, 0.25) is 0 Å². The Morgan fingerprint density at radius 1 is 0.714 bits per heavy atom. The Morgan fingerprint density at radius 3 is 1.75 bits per heavy atom. The van der Waals surface area contributed by atoms with Crippen LogP contribution in [-0.4, -0.2) is 25.7 Å². The third-order valence-corrected chi connectivity index (χ3v) is 4.76. The molecule has 0 aromatic heterocycles. The van der Waals surface area contributed by atoms with Gasteiger partial charge >= 0.3 is 0 Å². The van der Waals surface area contributed by atoms with Gasteiger partial charge < -0.3 is 4.74 Å². The molecule has 144 valence electrons. The molecule has 3 aromatic rings. The molecule has 2 nitrogen and oxygen atoms in total. The van der Waals surface area contributed by atoms with Crippen molar-refractivity contribution in [3.05, 3.63) is 102 Å². The van der Waals surface area contributed by atoms with E-state index >= 15 is 0 Å². The molecule has 0 spiro atoms. The molecule has 0 atom stereocenters. The van der Waals surface area contributed by atoms with Gasteiger partial charge in [0.15, 0.2) is 0 Å². The van der Waals surface area contributed by atoms with Gasteiger partial charge in [0, 0.05) is 0 Å². The smallest absolute Gasteiger partial charge is 0.141 e. The van der Waals surface area contributed by atoms with Crippen LogP contribution >= 0.6 is 0 Å². The highest BCUT2D eigenvalue weighted by Crippen LogP contribution is 2.32. The van der Waals surface area contributed by atoms with Crippen molar-refractivity contribution in [1.29, 1.82) is 0 Å². The number of ether oxygens (including phenoxy) is 1. The van der Waals surface area contributed by atoms with Crippen molar-refractivity contribution in [2.45, 2.75) is 19.8 Å². The van der Waals surface area contributed by atoms with Gasteiger partial charge in [-0.25, -0.2) is 0 Å². The highest BCUT2D eigenvalue weighted by molar-refractivity contribution is 5.91. The van der Waals surface area contributed by atoms with Gasteiger partial charge in [-0.1, -0.05) is 79.7 Å². The third-order valence-electron chi connectivity index (χ3n) is 4.76. The fourth-order valence-corrected chi connectivity index (χ4v) is 3.36. The van der Waals surface area contributed by atoms with E-state index in [1.54, 1.807) is 0 Å². The molecular formula is C26H29NO. The minimum atomic E-state index is 0.586. The van der Waals surface area contributed by atoms with Gasteiger partial charge in [0.1, 0.15) is 12.5 Å². The lowest BCUT2D eigenvalue weighted by molar-refractivity contribution is 0.179. The second kappa shape index (κ2) is 9.91. The van der Waals surface area contributed by atoms with Gasteiger partial charge in [-0.15, -0.1) is 0 Å². The van der Waals surface area contributed by atoms with E-state index < -0.39 is 0 Å². The molecule has 28 heavy (non-hydrogen) atoms. The molecular weight excluding hydrogens is 342 g/mol. The minimum Gasteiger partial charge on any atom is -0.478 e. The highest BCUT2D eigenvalue weighted by Gasteiger charge is 2.11. The molecule has 0 N–H and O–H groups in total. The zero-order valence-corrected chi connectivity index (χ0v) is 17.1. The summed E-state index contributed by atoms with van der Waals surface area (Å²) in [5, 5.41) is 0. The fraction of sp³-hybridized carbons (Fsp3) is 0.231. The predicted molar refractivity (Wildman–Crippen MR) is 119 cm³/mol. The van der Waals surface area contributed by atoms with Gasteiger partial charge in [-0.2, -0.15) is 0 Å². The number of benzene rings is 3. The van der Waals surface area contributed by atoms with Gasteiger partial charge in [0.05, 0.1) is 0 Å². The fourth-order valence-electron chi connectivity index (χ4n) is 3.36. The summed E-state index contributed by atoms with van der Waals surface area (Å²) in [6.45, 7) is 2.83. The first kappa shape index (κ1) is 19.9. The van der Waals surface area contributed by atoms with Crippen molar-refractivity contribution in [3.63, 3.8) is 0 Å². The number of hydrogen-bond donors (Lipinski definition) is 0. The summed E-state index contributed by atoms with van der Waals surface area (Å²) < 4.78 is 5.76. The van der Waals surface area contributed by atoms with E-state index in [1.165, 1.54) is 27.8 Å². The Morgan fingerprint density at radius 2 is 1.25 bits per heavy atom. The third kappa shape index (κ3) is 5.34. The van der Waals surface area contributed by atoms with Crippen LogP contribution in [0, 0.1) is 0 Å². The van der Waals surface area contributed by atoms with E-state index in [2.05, 4.69) is 91.9 Å². The van der Waals surface area contributed by atoms with Crippen molar-refractivity contribution in [2.75, 3.05) is 20.8 Å². The molecule has 0 saturated carbocycles. The molecule has 0 bridgehead atoms. The second-order valence-corrected chi connectivity index (χ2v) is 7.22. The molecule has 0 radical (unpaired) electrons. The van der Waals surface area contributed by atoms with E-state index in [-0.39, 0.29) is 0 Å². The summed E-state index contributed by atoms with van der Waals surface area (Å²) in [6, 6.07) is 29.9. The average molecular weight is 372 g/mol. The summed E-state index contributed by atoms with van der Waals surface area (Å²) in [6.07, 6.45) is 1.90. The van der Waals surface area contributed by atoms with Crippen LogP contribution in [0.15, 0.2) is 84.9 Å². The molecule has 0 aliphatic heterocycles. The predicted octanol–water partition coefficient (Wildman–Crippen LogP) is 6.15. The van der Waals surface area contributed by atoms with Crippen molar-refractivity contribution >= 4 is 11.1 Å². The number of allylic oxidation sites excluding steroid dienone is 2. The quantitative estimate of drug-likeness (QED) is 0.348. The Balaban J connectivity index is 1.93. The Labute approximate surface area is 169 Å². The summed E-state index contributed by atoms with van der Waals surface area (Å²) in [5.74, 6) is 0.904. The van der Waals surface area contributed by atoms with Crippen LogP contribution in [0.1, 0.15) is 30.0 Å². The Bertz CT molecular complexity index is 881. The first-order valence-corrected chi connectivity index (χ1v) is 9.86. The van der Waals surface area contributed by atoms with Gasteiger partial charge in [0.25, 0.3) is 0 Å². The molecule has 0 aliphatic carbocycles. The van der Waals surface area contributed by atoms with Crippen molar-refractivity contribution in [2.24, 2.45) is 0 Å². The van der Waals surface area contributed by atoms with Crippen molar-refractivity contribution < 1.29 is 4.74 Å². The first-order valence-electron chi connectivity index (χ1n) is 9.86. The molecule has 0 saturated heterocycles. The maximum absolute atomic E-state index is 5.76. The summed E-state index contributed by atoms with van der Waals surface area (Å²) in [5.41, 5.74) is 6.67. The van der Waals surface area contributed by atoms with Crippen LogP contribution in [0.4, 0.5) is 0 Å². The molecule has 0 aliphatic rings. The van der Waals surface area contributed by atoms with Crippen LogP contribution in [0.3, 0.4) is 0 Å². The molecule has 3 aromatic carbocycles. The molecule has 0 heterocycles. The lowest BCUT2D eigenvalue weighted by Gasteiger charge is -2.17. The van der Waals surface area contributed by atoms with Crippen LogP contribution in [0.25, 0.3) is 11.1 Å². The van der Waals surface area contributed by atoms with Crippen molar-refractivity contribution in [3.8, 4) is 5.75 Å². The summed E-state index contributed by atoms with van der Waals surface area (Å²) in [7, 11) is 4.00. The Hall–Kier alpha value is -2.84. The molecule has 0 amide bonds. The van der Waals surface area contributed by atoms with Crippen LogP contribution < -0.4 is 4.74 Å². The highest BCUT2D eigenvalue weighted by atomic mass is 16.5.